The van der Waals surface area contributed by atoms with Gasteiger partial charge in [0.1, 0.15) is 5.82 Å². The van der Waals surface area contributed by atoms with Gasteiger partial charge in [-0.05, 0) is 29.8 Å². The molecule has 2 aromatic rings. The number of halogens is 1. The molecule has 0 N–H and O–H groups in total. The first-order valence-electron chi connectivity index (χ1n) is 4.53. The zero-order valence-electron chi connectivity index (χ0n) is 8.13. The maximum absolute atomic E-state index is 12.9. The van der Waals surface area contributed by atoms with Crippen LogP contribution in [0, 0.1) is 15.9 Å². The van der Waals surface area contributed by atoms with Crippen LogP contribution in [0.4, 0.5) is 10.1 Å². The predicted octanol–water partition coefficient (Wildman–Crippen LogP) is 2.80. The summed E-state index contributed by atoms with van der Waals surface area (Å²) in [6.45, 7) is 0. The monoisotopic (exact) mass is 218 g/mol. The fraction of sp³-hybridized carbons (Fsp3) is 0. The highest BCUT2D eigenvalue weighted by Crippen LogP contribution is 2.29. The van der Waals surface area contributed by atoms with Crippen LogP contribution in [0.2, 0.25) is 0 Å². The number of hydrogen-bond donors (Lipinski definition) is 0. The third kappa shape index (κ3) is 1.88. The second-order valence-corrected chi connectivity index (χ2v) is 3.15. The highest BCUT2D eigenvalue weighted by molar-refractivity contribution is 5.72. The van der Waals surface area contributed by atoms with Crippen molar-refractivity contribution in [3.05, 3.63) is 58.7 Å². The summed E-state index contributed by atoms with van der Waals surface area (Å²) in [4.78, 5) is 14.0. The van der Waals surface area contributed by atoms with Gasteiger partial charge in [-0.25, -0.2) is 4.39 Å². The van der Waals surface area contributed by atoms with Gasteiger partial charge in [0.2, 0.25) is 0 Å². The first kappa shape index (κ1) is 10.2. The second-order valence-electron chi connectivity index (χ2n) is 3.15. The van der Waals surface area contributed by atoms with Gasteiger partial charge >= 0.3 is 0 Å². The quantitative estimate of drug-likeness (QED) is 0.575. The van der Waals surface area contributed by atoms with Crippen molar-refractivity contribution in [1.82, 2.24) is 4.98 Å². The van der Waals surface area contributed by atoms with Crippen LogP contribution in [0.25, 0.3) is 11.1 Å². The van der Waals surface area contributed by atoms with E-state index in [0.717, 1.165) is 6.07 Å². The van der Waals surface area contributed by atoms with Crippen molar-refractivity contribution in [2.75, 3.05) is 0 Å². The molecular weight excluding hydrogens is 211 g/mol. The molecule has 4 nitrogen and oxygen atoms in total. The van der Waals surface area contributed by atoms with Crippen LogP contribution in [-0.4, -0.2) is 9.91 Å². The normalized spacial score (nSPS) is 10.1. The number of nitro groups is 1. The number of benzene rings is 1. The van der Waals surface area contributed by atoms with Crippen LogP contribution in [0.5, 0.6) is 0 Å². The smallest absolute Gasteiger partial charge is 0.265 e. The summed E-state index contributed by atoms with van der Waals surface area (Å²) in [5.41, 5.74) is 0.779. The summed E-state index contributed by atoms with van der Waals surface area (Å²) in [6.07, 6.45) is 3.06. The molecule has 0 fully saturated rings. The van der Waals surface area contributed by atoms with Gasteiger partial charge in [0, 0.05) is 12.4 Å². The first-order chi connectivity index (χ1) is 7.68. The molecule has 0 radical (unpaired) electrons. The van der Waals surface area contributed by atoms with Crippen molar-refractivity contribution in [2.45, 2.75) is 0 Å². The van der Waals surface area contributed by atoms with Gasteiger partial charge in [-0.15, -0.1) is 0 Å². The first-order valence-corrected chi connectivity index (χ1v) is 4.53. The Labute approximate surface area is 90.5 Å². The Balaban J connectivity index is 2.61. The molecule has 1 aromatic heterocycles. The van der Waals surface area contributed by atoms with Crippen molar-refractivity contribution in [2.24, 2.45) is 0 Å². The van der Waals surface area contributed by atoms with Crippen molar-refractivity contribution in [1.29, 1.82) is 0 Å². The van der Waals surface area contributed by atoms with E-state index in [9.17, 15) is 14.5 Å². The molecule has 0 aliphatic heterocycles. The van der Waals surface area contributed by atoms with Crippen molar-refractivity contribution < 1.29 is 9.31 Å². The molecule has 0 aliphatic rings. The molecule has 0 saturated carbocycles. The zero-order valence-corrected chi connectivity index (χ0v) is 8.13. The summed E-state index contributed by atoms with van der Waals surface area (Å²) in [5, 5.41) is 10.8. The molecule has 16 heavy (non-hydrogen) atoms. The van der Waals surface area contributed by atoms with Crippen LogP contribution >= 0.6 is 0 Å². The van der Waals surface area contributed by atoms with Crippen LogP contribution < -0.4 is 0 Å². The zero-order chi connectivity index (χ0) is 11.5. The lowest BCUT2D eigenvalue weighted by atomic mass is 10.1. The number of pyridine rings is 1. The van der Waals surface area contributed by atoms with Gasteiger partial charge < -0.3 is 0 Å². The summed E-state index contributed by atoms with van der Waals surface area (Å²) >= 11 is 0. The van der Waals surface area contributed by atoms with Gasteiger partial charge in [0.05, 0.1) is 16.6 Å². The van der Waals surface area contributed by atoms with Crippen LogP contribution in [0.15, 0.2) is 42.7 Å². The summed E-state index contributed by atoms with van der Waals surface area (Å²) in [7, 11) is 0. The summed E-state index contributed by atoms with van der Waals surface area (Å²) < 4.78 is 12.9. The molecule has 0 atom stereocenters. The topological polar surface area (TPSA) is 56.0 Å². The Morgan fingerprint density at radius 1 is 1.19 bits per heavy atom. The number of nitro benzene ring substituents is 1. The van der Waals surface area contributed by atoms with E-state index in [1.54, 1.807) is 12.1 Å². The van der Waals surface area contributed by atoms with Gasteiger partial charge in [0.25, 0.3) is 5.69 Å². The minimum absolute atomic E-state index is 0.244. The fourth-order valence-corrected chi connectivity index (χ4v) is 1.43. The SMILES string of the molecule is O=[N+]([O-])c1cc(F)ccc1-c1ccncc1. The molecule has 0 spiro atoms. The van der Waals surface area contributed by atoms with E-state index in [2.05, 4.69) is 4.98 Å². The van der Waals surface area contributed by atoms with Crippen molar-refractivity contribution >= 4 is 5.69 Å². The lowest BCUT2D eigenvalue weighted by Gasteiger charge is -2.02. The Morgan fingerprint density at radius 3 is 2.50 bits per heavy atom. The maximum atomic E-state index is 12.9. The van der Waals surface area contributed by atoms with Gasteiger partial charge in [-0.2, -0.15) is 0 Å². The average molecular weight is 218 g/mol. The molecular formula is C11H7FN2O2. The lowest BCUT2D eigenvalue weighted by Crippen LogP contribution is -1.93. The number of rotatable bonds is 2. The second kappa shape index (κ2) is 4.06. The molecule has 0 saturated heterocycles. The third-order valence-electron chi connectivity index (χ3n) is 2.15. The van der Waals surface area contributed by atoms with Gasteiger partial charge in [-0.1, -0.05) is 0 Å². The molecule has 1 heterocycles. The van der Waals surface area contributed by atoms with E-state index in [-0.39, 0.29) is 5.69 Å². The average Bonchev–Trinajstić information content (AvgIpc) is 2.30. The molecule has 1 aromatic carbocycles. The number of nitrogens with zero attached hydrogens (tertiary/aromatic N) is 2. The summed E-state index contributed by atoms with van der Waals surface area (Å²) in [6, 6.07) is 6.78. The van der Waals surface area contributed by atoms with Crippen LogP contribution in [-0.2, 0) is 0 Å². The Kier molecular flexibility index (Phi) is 2.59. The molecule has 5 heteroatoms. The van der Waals surface area contributed by atoms with Crippen molar-refractivity contribution in [3.8, 4) is 11.1 Å². The molecule has 2 rings (SSSR count). The van der Waals surface area contributed by atoms with E-state index in [4.69, 9.17) is 0 Å². The Bertz CT molecular complexity index is 529. The molecule has 0 bridgehead atoms. The maximum Gasteiger partial charge on any atom is 0.280 e. The predicted molar refractivity (Wildman–Crippen MR) is 56.3 cm³/mol. The Morgan fingerprint density at radius 2 is 1.88 bits per heavy atom. The highest BCUT2D eigenvalue weighted by atomic mass is 19.1. The minimum Gasteiger partial charge on any atom is -0.265 e. The van der Waals surface area contributed by atoms with E-state index in [1.165, 1.54) is 24.5 Å². The van der Waals surface area contributed by atoms with E-state index in [0.29, 0.717) is 11.1 Å². The van der Waals surface area contributed by atoms with Crippen molar-refractivity contribution in [3.63, 3.8) is 0 Å². The highest BCUT2D eigenvalue weighted by Gasteiger charge is 2.15. The molecule has 0 unspecified atom stereocenters. The van der Waals surface area contributed by atoms with Crippen LogP contribution in [0.1, 0.15) is 0 Å². The number of aromatic nitrogens is 1. The van der Waals surface area contributed by atoms with E-state index < -0.39 is 10.7 Å². The van der Waals surface area contributed by atoms with Gasteiger partial charge in [0.15, 0.2) is 0 Å². The molecule has 0 amide bonds. The largest absolute Gasteiger partial charge is 0.280 e. The lowest BCUT2D eigenvalue weighted by molar-refractivity contribution is -0.384. The van der Waals surface area contributed by atoms with E-state index in [1.807, 2.05) is 0 Å². The van der Waals surface area contributed by atoms with E-state index >= 15 is 0 Å². The Hall–Kier alpha value is -2.30. The number of hydrogen-bond acceptors (Lipinski definition) is 3. The third-order valence-corrected chi connectivity index (χ3v) is 2.15. The standard InChI is InChI=1S/C11H7FN2O2/c12-9-1-2-10(11(7-9)14(15)16)8-3-5-13-6-4-8/h1-7H. The summed E-state index contributed by atoms with van der Waals surface area (Å²) in [5.74, 6) is -0.621. The fourth-order valence-electron chi connectivity index (χ4n) is 1.43. The van der Waals surface area contributed by atoms with Gasteiger partial charge in [-0.3, -0.25) is 15.1 Å². The molecule has 0 aliphatic carbocycles. The van der Waals surface area contributed by atoms with Crippen LogP contribution in [0.3, 0.4) is 0 Å². The minimum atomic E-state index is -0.621. The molecule has 80 valence electrons.